The van der Waals surface area contributed by atoms with Gasteiger partial charge in [-0.15, -0.1) is 0 Å². The minimum Gasteiger partial charge on any atom is -0.494 e. The second kappa shape index (κ2) is 9.98. The van der Waals surface area contributed by atoms with E-state index in [0.29, 0.717) is 18.0 Å². The van der Waals surface area contributed by atoms with Crippen LogP contribution in [0, 0.1) is 23.2 Å². The summed E-state index contributed by atoms with van der Waals surface area (Å²) in [6, 6.07) is 7.55. The van der Waals surface area contributed by atoms with E-state index in [9.17, 15) is 4.79 Å². The fourth-order valence-corrected chi connectivity index (χ4v) is 8.05. The number of fused-ring (bicyclic) bond motifs is 1. The standard InChI is InChI=1S/C29H44N2O2/c1-3-24(31-25-11-10-23-7-5-9-27(33-4-2)26(23)16-25)8-6-12-30-28(32)29-17-20-13-21(18-29)15-22(14-20)19-29/h5,7,9,20-22,24-25,31H,3-4,6,8,10-19H2,1-2H3,(H,30,32). The van der Waals surface area contributed by atoms with Crippen LogP contribution in [0.1, 0.15) is 89.2 Å². The van der Waals surface area contributed by atoms with Crippen molar-refractivity contribution in [2.45, 2.75) is 103 Å². The van der Waals surface area contributed by atoms with E-state index in [0.717, 1.165) is 88.0 Å². The molecule has 1 amide bonds. The van der Waals surface area contributed by atoms with Crippen molar-refractivity contribution in [2.24, 2.45) is 23.2 Å². The average Bonchev–Trinajstić information content (AvgIpc) is 2.80. The minimum atomic E-state index is -0.00901. The lowest BCUT2D eigenvalue weighted by molar-refractivity contribution is -0.146. The van der Waals surface area contributed by atoms with Gasteiger partial charge in [-0.25, -0.2) is 0 Å². The largest absolute Gasteiger partial charge is 0.494 e. The molecule has 182 valence electrons. The van der Waals surface area contributed by atoms with Crippen LogP contribution in [0.2, 0.25) is 0 Å². The van der Waals surface area contributed by atoms with E-state index < -0.39 is 0 Å². The van der Waals surface area contributed by atoms with Crippen molar-refractivity contribution in [1.82, 2.24) is 10.6 Å². The summed E-state index contributed by atoms with van der Waals surface area (Å²) in [6.45, 7) is 5.91. The number of carbonyl (C=O) groups excluding carboxylic acids is 1. The molecule has 0 spiro atoms. The first-order valence-corrected chi connectivity index (χ1v) is 13.9. The van der Waals surface area contributed by atoms with E-state index in [1.165, 1.54) is 36.8 Å². The number of ether oxygens (including phenoxy) is 1. The van der Waals surface area contributed by atoms with Gasteiger partial charge < -0.3 is 15.4 Å². The van der Waals surface area contributed by atoms with Crippen molar-refractivity contribution in [3.05, 3.63) is 29.3 Å². The Kier molecular flexibility index (Phi) is 7.02. The van der Waals surface area contributed by atoms with Crippen LogP contribution in [-0.2, 0) is 17.6 Å². The predicted molar refractivity (Wildman–Crippen MR) is 133 cm³/mol. The molecule has 2 unspecified atom stereocenters. The van der Waals surface area contributed by atoms with Crippen LogP contribution >= 0.6 is 0 Å². The molecule has 2 atom stereocenters. The topological polar surface area (TPSA) is 50.4 Å². The lowest BCUT2D eigenvalue weighted by Crippen LogP contribution is -2.53. The molecule has 0 aromatic heterocycles. The molecule has 1 aromatic carbocycles. The first-order chi connectivity index (χ1) is 16.1. The van der Waals surface area contributed by atoms with Crippen LogP contribution in [-0.4, -0.2) is 31.1 Å². The Bertz CT molecular complexity index is 800. The Labute approximate surface area is 200 Å². The van der Waals surface area contributed by atoms with Crippen LogP contribution in [0.4, 0.5) is 0 Å². The molecule has 33 heavy (non-hydrogen) atoms. The van der Waals surface area contributed by atoms with E-state index in [1.807, 2.05) is 0 Å². The Morgan fingerprint density at radius 1 is 1.12 bits per heavy atom. The van der Waals surface area contributed by atoms with E-state index in [1.54, 1.807) is 0 Å². The minimum absolute atomic E-state index is 0.00901. The lowest BCUT2D eigenvalue weighted by atomic mass is 9.49. The monoisotopic (exact) mass is 452 g/mol. The zero-order valence-corrected chi connectivity index (χ0v) is 20.8. The van der Waals surface area contributed by atoms with E-state index >= 15 is 0 Å². The van der Waals surface area contributed by atoms with Gasteiger partial charge in [-0.2, -0.15) is 0 Å². The molecular weight excluding hydrogens is 408 g/mol. The van der Waals surface area contributed by atoms with Crippen LogP contribution < -0.4 is 15.4 Å². The SMILES string of the molecule is CCOc1cccc2c1CC(NC(CC)CCCNC(=O)C13CC4CC(CC(C4)C1)C3)CC2. The average molecular weight is 453 g/mol. The molecule has 4 heteroatoms. The van der Waals surface area contributed by atoms with Gasteiger partial charge in [0.15, 0.2) is 0 Å². The third kappa shape index (κ3) is 4.97. The van der Waals surface area contributed by atoms with Crippen molar-refractivity contribution in [3.8, 4) is 5.75 Å². The molecule has 5 aliphatic rings. The van der Waals surface area contributed by atoms with Crippen LogP contribution in [0.15, 0.2) is 18.2 Å². The van der Waals surface area contributed by atoms with Crippen LogP contribution in [0.25, 0.3) is 0 Å². The summed E-state index contributed by atoms with van der Waals surface area (Å²) < 4.78 is 5.91. The van der Waals surface area contributed by atoms with Crippen LogP contribution in [0.3, 0.4) is 0 Å². The maximum Gasteiger partial charge on any atom is 0.226 e. The molecule has 2 N–H and O–H groups in total. The Balaban J connectivity index is 1.08. The van der Waals surface area contributed by atoms with E-state index in [-0.39, 0.29) is 5.41 Å². The highest BCUT2D eigenvalue weighted by atomic mass is 16.5. The summed E-state index contributed by atoms with van der Waals surface area (Å²) in [7, 11) is 0. The number of hydrogen-bond donors (Lipinski definition) is 2. The molecule has 0 heterocycles. The van der Waals surface area contributed by atoms with Crippen LogP contribution in [0.5, 0.6) is 5.75 Å². The van der Waals surface area contributed by atoms with Gasteiger partial charge >= 0.3 is 0 Å². The quantitative estimate of drug-likeness (QED) is 0.466. The van der Waals surface area contributed by atoms with Gasteiger partial charge in [-0.1, -0.05) is 19.1 Å². The molecule has 4 nitrogen and oxygen atoms in total. The molecule has 5 aliphatic carbocycles. The second-order valence-electron chi connectivity index (χ2n) is 11.6. The number of nitrogens with one attached hydrogen (secondary N) is 2. The molecule has 0 radical (unpaired) electrons. The van der Waals surface area contributed by atoms with Gasteiger partial charge in [-0.05, 0) is 119 Å². The summed E-state index contributed by atoms with van der Waals surface area (Å²) >= 11 is 0. The van der Waals surface area contributed by atoms with Gasteiger partial charge in [0.1, 0.15) is 5.75 Å². The zero-order chi connectivity index (χ0) is 22.8. The highest BCUT2D eigenvalue weighted by Gasteiger charge is 2.54. The first-order valence-electron chi connectivity index (χ1n) is 13.9. The number of benzene rings is 1. The van der Waals surface area contributed by atoms with Gasteiger partial charge in [0.2, 0.25) is 5.91 Å². The summed E-state index contributed by atoms with van der Waals surface area (Å²) in [5.41, 5.74) is 2.85. The fourth-order valence-electron chi connectivity index (χ4n) is 8.05. The van der Waals surface area contributed by atoms with Gasteiger partial charge in [-0.3, -0.25) is 4.79 Å². The lowest BCUT2D eigenvalue weighted by Gasteiger charge is -2.55. The van der Waals surface area contributed by atoms with Crippen molar-refractivity contribution in [1.29, 1.82) is 0 Å². The molecule has 4 fully saturated rings. The van der Waals surface area contributed by atoms with Crippen molar-refractivity contribution in [2.75, 3.05) is 13.2 Å². The van der Waals surface area contributed by atoms with Crippen molar-refractivity contribution < 1.29 is 9.53 Å². The molecule has 0 aliphatic heterocycles. The summed E-state index contributed by atoms with van der Waals surface area (Å²) in [5.74, 6) is 3.95. The highest BCUT2D eigenvalue weighted by Crippen LogP contribution is 2.60. The van der Waals surface area contributed by atoms with Crippen molar-refractivity contribution >= 4 is 5.91 Å². The third-order valence-corrected chi connectivity index (χ3v) is 9.24. The van der Waals surface area contributed by atoms with Gasteiger partial charge in [0.05, 0.1) is 6.61 Å². The fraction of sp³-hybridized carbons (Fsp3) is 0.759. The second-order valence-corrected chi connectivity index (χ2v) is 11.6. The van der Waals surface area contributed by atoms with Gasteiger partial charge in [0.25, 0.3) is 0 Å². The maximum absolute atomic E-state index is 13.2. The maximum atomic E-state index is 13.2. The van der Waals surface area contributed by atoms with E-state index in [4.69, 9.17) is 4.74 Å². The summed E-state index contributed by atoms with van der Waals surface area (Å²) in [6.07, 6.45) is 14.4. The number of carbonyl (C=O) groups is 1. The Morgan fingerprint density at radius 2 is 1.85 bits per heavy atom. The van der Waals surface area contributed by atoms with E-state index in [2.05, 4.69) is 42.7 Å². The summed E-state index contributed by atoms with van der Waals surface area (Å²) in [5, 5.41) is 7.32. The number of aryl methyl sites for hydroxylation is 1. The first kappa shape index (κ1) is 23.2. The number of hydrogen-bond acceptors (Lipinski definition) is 3. The highest BCUT2D eigenvalue weighted by molar-refractivity contribution is 5.83. The number of rotatable bonds is 10. The molecule has 4 bridgehead atoms. The smallest absolute Gasteiger partial charge is 0.226 e. The predicted octanol–water partition coefficient (Wildman–Crippen LogP) is 5.42. The molecule has 4 saturated carbocycles. The molecule has 1 aromatic rings. The summed E-state index contributed by atoms with van der Waals surface area (Å²) in [4.78, 5) is 13.2. The third-order valence-electron chi connectivity index (χ3n) is 9.24. The molecule has 6 rings (SSSR count). The van der Waals surface area contributed by atoms with Crippen molar-refractivity contribution in [3.63, 3.8) is 0 Å². The number of amides is 1. The normalized spacial score (nSPS) is 32.9. The Morgan fingerprint density at radius 3 is 2.52 bits per heavy atom. The molecule has 0 saturated heterocycles. The molecular formula is C29H44N2O2. The Hall–Kier alpha value is -1.55. The van der Waals surface area contributed by atoms with Gasteiger partial charge in [0, 0.05) is 24.0 Å². The zero-order valence-electron chi connectivity index (χ0n) is 20.8.